The molecule has 7 heteroatoms. The molecule has 31 heavy (non-hydrogen) atoms. The lowest BCUT2D eigenvalue weighted by molar-refractivity contribution is -0.125. The van der Waals surface area contributed by atoms with Crippen molar-refractivity contribution in [3.8, 4) is 11.5 Å². The Kier molecular flexibility index (Phi) is 6.97. The second-order valence-corrected chi connectivity index (χ2v) is 7.05. The van der Waals surface area contributed by atoms with E-state index >= 15 is 0 Å². The number of likely N-dealkylation sites (N-methyl/N-ethyl adjacent to an activating group) is 1. The molecule has 2 amide bonds. The first kappa shape index (κ1) is 22.0. The third kappa shape index (κ3) is 5.25. The van der Waals surface area contributed by atoms with E-state index in [4.69, 9.17) is 19.6 Å². The molecular weight excluding hydrogens is 396 g/mol. The number of para-hydroxylation sites is 1. The summed E-state index contributed by atoms with van der Waals surface area (Å²) >= 11 is 0. The van der Waals surface area contributed by atoms with Gasteiger partial charge in [0.2, 0.25) is 5.91 Å². The van der Waals surface area contributed by atoms with Crippen molar-refractivity contribution in [2.24, 2.45) is 5.73 Å². The third-order valence-corrected chi connectivity index (χ3v) is 4.85. The molecule has 7 nitrogen and oxygen atoms in total. The molecule has 0 spiro atoms. The first-order valence-electron chi connectivity index (χ1n) is 9.94. The molecule has 0 aliphatic rings. The second kappa shape index (κ2) is 9.84. The van der Waals surface area contributed by atoms with Gasteiger partial charge in [-0.15, -0.1) is 0 Å². The zero-order valence-electron chi connectivity index (χ0n) is 17.9. The molecule has 1 aromatic heterocycles. The maximum absolute atomic E-state index is 12.7. The minimum absolute atomic E-state index is 0.139. The van der Waals surface area contributed by atoms with Gasteiger partial charge >= 0.3 is 0 Å². The minimum Gasteiger partial charge on any atom is -0.493 e. The summed E-state index contributed by atoms with van der Waals surface area (Å²) in [6.07, 6.45) is 3.96. The molecule has 0 atom stereocenters. The van der Waals surface area contributed by atoms with E-state index in [2.05, 4.69) is 0 Å². The van der Waals surface area contributed by atoms with Crippen LogP contribution in [-0.4, -0.2) is 37.5 Å². The van der Waals surface area contributed by atoms with Crippen LogP contribution in [0.2, 0.25) is 0 Å². The highest BCUT2D eigenvalue weighted by atomic mass is 16.5. The largest absolute Gasteiger partial charge is 0.493 e. The van der Waals surface area contributed by atoms with E-state index in [0.717, 1.165) is 34.3 Å². The quantitative estimate of drug-likeness (QED) is 0.532. The maximum Gasteiger partial charge on any atom is 0.255 e. The third-order valence-electron chi connectivity index (χ3n) is 4.85. The summed E-state index contributed by atoms with van der Waals surface area (Å²) < 4.78 is 16.5. The van der Waals surface area contributed by atoms with Gasteiger partial charge in [0.15, 0.2) is 18.1 Å². The molecule has 1 heterocycles. The molecule has 3 rings (SSSR count). The van der Waals surface area contributed by atoms with Gasteiger partial charge in [0.05, 0.1) is 7.11 Å². The number of aryl methyl sites for hydroxylation is 1. The molecule has 0 saturated heterocycles. The van der Waals surface area contributed by atoms with Crippen molar-refractivity contribution in [2.45, 2.75) is 19.9 Å². The molecule has 0 aliphatic heterocycles. The van der Waals surface area contributed by atoms with Crippen molar-refractivity contribution >= 4 is 28.9 Å². The van der Waals surface area contributed by atoms with Crippen molar-refractivity contribution in [2.75, 3.05) is 20.8 Å². The van der Waals surface area contributed by atoms with Gasteiger partial charge in [-0.2, -0.15) is 0 Å². The number of nitrogens with two attached hydrogens (primary N) is 1. The van der Waals surface area contributed by atoms with Crippen LogP contribution in [0.4, 0.5) is 0 Å². The lowest BCUT2D eigenvalue weighted by Crippen LogP contribution is -2.24. The highest BCUT2D eigenvalue weighted by Crippen LogP contribution is 2.29. The smallest absolute Gasteiger partial charge is 0.255 e. The lowest BCUT2D eigenvalue weighted by Gasteiger charge is -2.15. The molecular formula is C24H26N2O5. The molecule has 2 N–H and O–H groups in total. The van der Waals surface area contributed by atoms with Crippen LogP contribution in [-0.2, 0) is 22.6 Å². The maximum atomic E-state index is 12.7. The summed E-state index contributed by atoms with van der Waals surface area (Å²) in [7, 11) is 3.26. The highest BCUT2D eigenvalue weighted by Gasteiger charge is 2.16. The highest BCUT2D eigenvalue weighted by molar-refractivity contribution is 5.92. The standard InChI is InChI=1S/C24H26N2O5/c1-4-19-18(17-7-5-6-8-20(17)31-19)14-26(2)24(28)12-10-16-9-11-21(22(13-16)29-3)30-15-23(25)27/h5-13H,4,14-15H2,1-3H3,(H2,25,27)/b12-10+. The Morgan fingerprint density at radius 1 is 1.16 bits per heavy atom. The number of fused-ring (bicyclic) bond motifs is 1. The number of carbonyl (C=O) groups excluding carboxylic acids is 2. The SMILES string of the molecule is CCc1oc2ccccc2c1CN(C)C(=O)/C=C/c1ccc(OCC(N)=O)c(OC)c1. The molecule has 0 fully saturated rings. The fourth-order valence-corrected chi connectivity index (χ4v) is 3.27. The van der Waals surface area contributed by atoms with E-state index in [1.165, 1.54) is 13.2 Å². The van der Waals surface area contributed by atoms with Gasteiger partial charge in [0, 0.05) is 37.0 Å². The molecule has 0 saturated carbocycles. The zero-order valence-corrected chi connectivity index (χ0v) is 17.9. The number of carbonyl (C=O) groups is 2. The van der Waals surface area contributed by atoms with Crippen LogP contribution in [0.3, 0.4) is 0 Å². The minimum atomic E-state index is -0.573. The van der Waals surface area contributed by atoms with Gasteiger partial charge in [-0.1, -0.05) is 31.2 Å². The van der Waals surface area contributed by atoms with E-state index in [-0.39, 0.29) is 12.5 Å². The number of amides is 2. The van der Waals surface area contributed by atoms with Crippen molar-refractivity contribution in [1.82, 2.24) is 4.90 Å². The van der Waals surface area contributed by atoms with Crippen molar-refractivity contribution in [3.63, 3.8) is 0 Å². The van der Waals surface area contributed by atoms with Crippen LogP contribution < -0.4 is 15.2 Å². The number of benzene rings is 2. The van der Waals surface area contributed by atoms with Crippen LogP contribution in [0, 0.1) is 0 Å². The number of nitrogens with zero attached hydrogens (tertiary/aromatic N) is 1. The predicted molar refractivity (Wildman–Crippen MR) is 119 cm³/mol. The topological polar surface area (TPSA) is 95.0 Å². The number of primary amides is 1. The van der Waals surface area contributed by atoms with Crippen LogP contribution in [0.5, 0.6) is 11.5 Å². The Morgan fingerprint density at radius 3 is 2.65 bits per heavy atom. The number of ether oxygens (including phenoxy) is 2. The number of hydrogen-bond acceptors (Lipinski definition) is 5. The van der Waals surface area contributed by atoms with E-state index in [9.17, 15) is 9.59 Å². The first-order chi connectivity index (χ1) is 14.9. The van der Waals surface area contributed by atoms with Crippen LogP contribution in [0.1, 0.15) is 23.8 Å². The van der Waals surface area contributed by atoms with Crippen molar-refractivity contribution < 1.29 is 23.5 Å². The molecule has 0 unspecified atom stereocenters. The summed E-state index contributed by atoms with van der Waals surface area (Å²) in [5.74, 6) is 1.03. The van der Waals surface area contributed by atoms with Gasteiger partial charge in [0.1, 0.15) is 11.3 Å². The number of rotatable bonds is 9. The van der Waals surface area contributed by atoms with E-state index in [1.807, 2.05) is 31.2 Å². The fourth-order valence-electron chi connectivity index (χ4n) is 3.27. The van der Waals surface area contributed by atoms with Gasteiger partial charge < -0.3 is 24.5 Å². The summed E-state index contributed by atoms with van der Waals surface area (Å²) in [5, 5.41) is 1.03. The average molecular weight is 422 g/mol. The summed E-state index contributed by atoms with van der Waals surface area (Å²) in [6.45, 7) is 2.25. The monoisotopic (exact) mass is 422 g/mol. The van der Waals surface area contributed by atoms with E-state index in [1.54, 1.807) is 36.2 Å². The number of methoxy groups -OCH3 is 1. The number of furan rings is 1. The molecule has 162 valence electrons. The molecule has 0 radical (unpaired) electrons. The van der Waals surface area contributed by atoms with Crippen LogP contribution in [0.15, 0.2) is 53.0 Å². The van der Waals surface area contributed by atoms with Crippen molar-refractivity contribution in [3.05, 3.63) is 65.4 Å². The zero-order chi connectivity index (χ0) is 22.4. The molecule has 0 bridgehead atoms. The summed E-state index contributed by atoms with van der Waals surface area (Å²) in [6, 6.07) is 13.0. The Balaban J connectivity index is 1.72. The van der Waals surface area contributed by atoms with Crippen LogP contribution >= 0.6 is 0 Å². The molecule has 3 aromatic rings. The van der Waals surface area contributed by atoms with E-state index < -0.39 is 5.91 Å². The number of hydrogen-bond donors (Lipinski definition) is 1. The predicted octanol–water partition coefficient (Wildman–Crippen LogP) is 3.54. The normalized spacial score (nSPS) is 11.1. The van der Waals surface area contributed by atoms with Gasteiger partial charge in [0.25, 0.3) is 5.91 Å². The lowest BCUT2D eigenvalue weighted by atomic mass is 10.1. The molecule has 0 aliphatic carbocycles. The Hall–Kier alpha value is -3.74. The Labute approximate surface area is 181 Å². The van der Waals surface area contributed by atoms with E-state index in [0.29, 0.717) is 18.0 Å². The second-order valence-electron chi connectivity index (χ2n) is 7.05. The fraction of sp³-hybridized carbons (Fsp3) is 0.250. The first-order valence-corrected chi connectivity index (χ1v) is 9.94. The van der Waals surface area contributed by atoms with Crippen molar-refractivity contribution in [1.29, 1.82) is 0 Å². The Bertz CT molecular complexity index is 1120. The summed E-state index contributed by atoms with van der Waals surface area (Å²) in [5.41, 5.74) is 7.72. The van der Waals surface area contributed by atoms with Crippen LogP contribution in [0.25, 0.3) is 17.0 Å². The van der Waals surface area contributed by atoms with Gasteiger partial charge in [-0.25, -0.2) is 0 Å². The average Bonchev–Trinajstić information content (AvgIpc) is 3.13. The van der Waals surface area contributed by atoms with Gasteiger partial charge in [-0.3, -0.25) is 9.59 Å². The summed E-state index contributed by atoms with van der Waals surface area (Å²) in [4.78, 5) is 25.2. The van der Waals surface area contributed by atoms with Gasteiger partial charge in [-0.05, 0) is 29.8 Å². The molecule has 2 aromatic carbocycles. The Morgan fingerprint density at radius 2 is 1.94 bits per heavy atom.